The van der Waals surface area contributed by atoms with Gasteiger partial charge in [0.25, 0.3) is 0 Å². The first-order valence-electron chi connectivity index (χ1n) is 2.66. The Bertz CT molecular complexity index is 53.3. The Balaban J connectivity index is 2.86. The van der Waals surface area contributed by atoms with Gasteiger partial charge < -0.3 is 0 Å². The molecular weight excluding hydrogens is 181 g/mol. The third kappa shape index (κ3) is 4.98. The van der Waals surface area contributed by atoms with E-state index in [2.05, 4.69) is 0 Å². The molecule has 2 nitrogen and oxygen atoms in total. The van der Waals surface area contributed by atoms with Crippen LogP contribution in [0.3, 0.4) is 0 Å². The quantitative estimate of drug-likeness (QED) is 0.626. The van der Waals surface area contributed by atoms with Gasteiger partial charge >= 0.3 is 60.2 Å². The summed E-state index contributed by atoms with van der Waals surface area (Å²) in [5.74, 6) is 0. The van der Waals surface area contributed by atoms with Crippen molar-refractivity contribution in [3.8, 4) is 0 Å². The zero-order valence-electron chi connectivity index (χ0n) is 4.68. The summed E-state index contributed by atoms with van der Waals surface area (Å²) in [5.41, 5.74) is 0. The van der Waals surface area contributed by atoms with E-state index < -0.39 is 16.1 Å². The average Bonchev–Trinajstić information content (AvgIpc) is 1.83. The van der Waals surface area contributed by atoms with Gasteiger partial charge in [0.15, 0.2) is 0 Å². The molecule has 0 fully saturated rings. The molecule has 4 heteroatoms. The second kappa shape index (κ2) is 5.96. The van der Waals surface area contributed by atoms with Crippen molar-refractivity contribution in [1.29, 1.82) is 0 Å². The van der Waals surface area contributed by atoms with E-state index in [1.165, 1.54) is 0 Å². The van der Waals surface area contributed by atoms with Crippen LogP contribution in [0.5, 0.6) is 0 Å². The first-order chi connectivity index (χ1) is 3.81. The van der Waals surface area contributed by atoms with Crippen LogP contribution in [-0.2, 0) is 16.1 Å². The van der Waals surface area contributed by atoms with Gasteiger partial charge in [-0.1, -0.05) is 0 Å². The molecule has 0 saturated carbocycles. The molecule has 1 unspecified atom stereocenters. The van der Waals surface area contributed by atoms with Crippen LogP contribution in [0.15, 0.2) is 0 Å². The molecule has 2 N–H and O–H groups in total. The van der Waals surface area contributed by atoms with Gasteiger partial charge in [-0.25, -0.2) is 0 Å². The molecule has 46 valence electrons. The van der Waals surface area contributed by atoms with Crippen molar-refractivity contribution >= 4 is 9.69 Å². The van der Waals surface area contributed by atoms with E-state index in [4.69, 9.17) is 19.9 Å². The van der Waals surface area contributed by atoms with Crippen molar-refractivity contribution in [3.63, 3.8) is 0 Å². The predicted octanol–water partition coefficient (Wildman–Crippen LogP) is 0.314. The molecule has 0 aliphatic heterocycles. The molecule has 8 heavy (non-hydrogen) atoms. The normalized spacial score (nSPS) is 12.9. The summed E-state index contributed by atoms with van der Waals surface area (Å²) in [6, 6.07) is 0. The van der Waals surface area contributed by atoms with Gasteiger partial charge in [-0.2, -0.15) is 0 Å². The van der Waals surface area contributed by atoms with Gasteiger partial charge in [0.05, 0.1) is 0 Å². The van der Waals surface area contributed by atoms with Crippen LogP contribution in [-0.4, -0.2) is 21.5 Å². The first-order valence-corrected chi connectivity index (χ1v) is 8.27. The van der Waals surface area contributed by atoms with Crippen molar-refractivity contribution in [3.05, 3.63) is 0 Å². The Labute approximate surface area is 60.5 Å². The Morgan fingerprint density at radius 1 is 1.62 bits per heavy atom. The van der Waals surface area contributed by atoms with Crippen LogP contribution in [0.25, 0.3) is 0 Å². The van der Waals surface area contributed by atoms with Gasteiger partial charge in [-0.05, 0) is 0 Å². The summed E-state index contributed by atoms with van der Waals surface area (Å²) < 4.78 is -0.253. The number of halogens is 1. The Hall–Kier alpha value is 0.833. The van der Waals surface area contributed by atoms with Gasteiger partial charge in [-0.15, -0.1) is 0 Å². The third-order valence-corrected chi connectivity index (χ3v) is 4.33. The summed E-state index contributed by atoms with van der Waals surface area (Å²) in [5, 5.41) is 17.1. The Kier molecular flexibility index (Phi) is 6.58. The minimum absolute atomic E-state index is 0.163. The number of hydrogen-bond donors (Lipinski definition) is 2. The molecule has 0 aliphatic carbocycles. The van der Waals surface area contributed by atoms with Crippen molar-refractivity contribution in [2.75, 3.05) is 6.61 Å². The summed E-state index contributed by atoms with van der Waals surface area (Å²) in [6.07, 6.45) is 1.36. The monoisotopic (exact) mass is 188 g/mol. The molecule has 0 rings (SSSR count). The number of aliphatic hydroxyl groups excluding tert-OH is 2. The molecule has 0 aliphatic rings. The Morgan fingerprint density at radius 3 is 2.62 bits per heavy atom. The van der Waals surface area contributed by atoms with E-state index in [0.717, 1.165) is 0 Å². The van der Waals surface area contributed by atoms with Crippen molar-refractivity contribution in [2.24, 2.45) is 0 Å². The number of hydrogen-bond acceptors (Lipinski definition) is 2. The molecule has 0 aromatic rings. The van der Waals surface area contributed by atoms with E-state index in [0.29, 0.717) is 12.8 Å². The van der Waals surface area contributed by atoms with Crippen LogP contribution < -0.4 is 0 Å². The number of rotatable bonds is 4. The van der Waals surface area contributed by atoms with Gasteiger partial charge in [0.2, 0.25) is 0 Å². The molecule has 0 spiro atoms. The fourth-order valence-electron chi connectivity index (χ4n) is 0.404. The van der Waals surface area contributed by atoms with E-state index in [1.54, 1.807) is 0 Å². The molecule has 1 atom stereocenters. The van der Waals surface area contributed by atoms with E-state index in [9.17, 15) is 0 Å². The molecule has 0 aromatic heterocycles. The van der Waals surface area contributed by atoms with Crippen molar-refractivity contribution in [2.45, 2.75) is 17.5 Å². The maximum absolute atomic E-state index is 8.83. The van der Waals surface area contributed by atoms with E-state index in [1.807, 2.05) is 0 Å². The zero-order valence-corrected chi connectivity index (χ0v) is 8.40. The van der Waals surface area contributed by atoms with Gasteiger partial charge in [0, 0.05) is 0 Å². The molecule has 0 amide bonds. The van der Waals surface area contributed by atoms with Crippen LogP contribution in [0, 0.1) is 0 Å². The molecule has 0 heterocycles. The molecule has 0 bridgehead atoms. The van der Waals surface area contributed by atoms with Crippen molar-refractivity contribution < 1.29 is 26.3 Å². The van der Waals surface area contributed by atoms with E-state index in [-0.39, 0.29) is 11.3 Å². The van der Waals surface area contributed by atoms with Gasteiger partial charge in [0.1, 0.15) is 0 Å². The van der Waals surface area contributed by atoms with Crippen LogP contribution in [0.4, 0.5) is 0 Å². The minimum atomic E-state index is -1.13. The van der Waals surface area contributed by atoms with Crippen LogP contribution >= 0.6 is 9.69 Å². The average molecular weight is 190 g/mol. The zero-order chi connectivity index (χ0) is 6.41. The van der Waals surface area contributed by atoms with Crippen LogP contribution in [0.1, 0.15) is 12.8 Å². The summed E-state index contributed by atoms with van der Waals surface area (Å²) in [7, 11) is 5.44. The Morgan fingerprint density at radius 2 is 2.25 bits per heavy atom. The van der Waals surface area contributed by atoms with E-state index >= 15 is 0 Å². The predicted molar refractivity (Wildman–Crippen MR) is 28.2 cm³/mol. The molecular formula is C4H9ClO2Zn. The maximum atomic E-state index is 8.83. The third-order valence-electron chi connectivity index (χ3n) is 0.874. The molecule has 0 radical (unpaired) electrons. The molecule has 0 aromatic carbocycles. The van der Waals surface area contributed by atoms with Gasteiger partial charge in [-0.3, -0.25) is 0 Å². The second-order valence-corrected chi connectivity index (χ2v) is 5.90. The standard InChI is InChI=1S/C4H9O2.ClH.Zn/c5-3-1-2-4-6;;/h3,5-6H,1-2,4H2;1H;/q;;+1/p-1. The van der Waals surface area contributed by atoms with Crippen LogP contribution in [0.2, 0.25) is 0 Å². The van der Waals surface area contributed by atoms with Crippen molar-refractivity contribution in [1.82, 2.24) is 0 Å². The fourth-order valence-corrected chi connectivity index (χ4v) is 2.14. The molecule has 0 saturated heterocycles. The fraction of sp³-hybridized carbons (Fsp3) is 1.00. The topological polar surface area (TPSA) is 40.5 Å². The number of aliphatic hydroxyl groups is 2. The SMILES string of the molecule is OCCC[CH](O)[Zn][Cl]. The second-order valence-electron chi connectivity index (χ2n) is 1.67. The first kappa shape index (κ1) is 8.83. The summed E-state index contributed by atoms with van der Waals surface area (Å²) >= 11 is -1.13. The summed E-state index contributed by atoms with van der Waals surface area (Å²) in [4.78, 5) is 0. The summed E-state index contributed by atoms with van der Waals surface area (Å²) in [6.45, 7) is 0.163.